The molecular formula is C20H22ClF2N3O2S. The number of para-hydroxylation sites is 1. The van der Waals surface area contributed by atoms with E-state index in [1.165, 1.54) is 6.07 Å². The van der Waals surface area contributed by atoms with Crippen molar-refractivity contribution in [2.75, 3.05) is 30.3 Å². The third kappa shape index (κ3) is 7.64. The van der Waals surface area contributed by atoms with Gasteiger partial charge in [-0.05, 0) is 43.3 Å². The normalized spacial score (nSPS) is 11.0. The summed E-state index contributed by atoms with van der Waals surface area (Å²) >= 11 is 6.33. The molecule has 2 aromatic rings. The number of carbonyl (C=O) groups is 2. The summed E-state index contributed by atoms with van der Waals surface area (Å²) in [5.74, 6) is -3.25. The van der Waals surface area contributed by atoms with Gasteiger partial charge in [-0.25, -0.2) is 0 Å². The number of rotatable bonds is 9. The molecule has 29 heavy (non-hydrogen) atoms. The van der Waals surface area contributed by atoms with Gasteiger partial charge >= 0.3 is 0 Å². The molecule has 156 valence electrons. The van der Waals surface area contributed by atoms with Crippen molar-refractivity contribution in [3.05, 3.63) is 53.1 Å². The third-order valence-corrected chi connectivity index (χ3v) is 5.06. The number of nitrogens with zero attached hydrogens (tertiary/aromatic N) is 1. The highest BCUT2D eigenvalue weighted by molar-refractivity contribution is 7.99. The molecule has 0 bridgehead atoms. The SMILES string of the molecule is CCN(CC(=O)Nc1cc(Cl)ccc1C)CC(=O)Nc1ccccc1SC(F)F. The fourth-order valence-electron chi connectivity index (χ4n) is 2.56. The minimum atomic E-state index is -2.58. The zero-order valence-corrected chi connectivity index (χ0v) is 17.6. The van der Waals surface area contributed by atoms with Crippen molar-refractivity contribution >= 4 is 46.6 Å². The molecule has 5 nitrogen and oxygen atoms in total. The van der Waals surface area contributed by atoms with E-state index in [1.807, 2.05) is 13.8 Å². The zero-order chi connectivity index (χ0) is 21.4. The van der Waals surface area contributed by atoms with Crippen LogP contribution < -0.4 is 10.6 Å². The Balaban J connectivity index is 1.94. The highest BCUT2D eigenvalue weighted by Crippen LogP contribution is 2.31. The second-order valence-corrected chi connectivity index (χ2v) is 7.70. The first-order valence-corrected chi connectivity index (χ1v) is 10.2. The van der Waals surface area contributed by atoms with Crippen LogP contribution >= 0.6 is 23.4 Å². The Morgan fingerprint density at radius 1 is 1.07 bits per heavy atom. The smallest absolute Gasteiger partial charge is 0.288 e. The molecule has 0 spiro atoms. The quantitative estimate of drug-likeness (QED) is 0.545. The van der Waals surface area contributed by atoms with Crippen LogP contribution in [0.15, 0.2) is 47.4 Å². The number of amides is 2. The summed E-state index contributed by atoms with van der Waals surface area (Å²) in [7, 11) is 0. The second-order valence-electron chi connectivity index (χ2n) is 6.23. The Hall–Kier alpha value is -2.16. The van der Waals surface area contributed by atoms with Gasteiger partial charge in [0.2, 0.25) is 11.8 Å². The molecule has 0 aliphatic carbocycles. The van der Waals surface area contributed by atoms with E-state index in [0.717, 1.165) is 5.56 Å². The standard InChI is InChI=1S/C20H22ClF2N3O2S/c1-3-26(12-19(28)25-16-10-14(21)9-8-13(16)2)11-18(27)24-15-6-4-5-7-17(15)29-20(22)23/h4-10,20H,3,11-12H2,1-2H3,(H,24,27)(H,25,28). The van der Waals surface area contributed by atoms with E-state index < -0.39 is 5.76 Å². The number of nitrogens with one attached hydrogen (secondary N) is 2. The summed E-state index contributed by atoms with van der Waals surface area (Å²) in [6.45, 7) is 4.09. The average Bonchev–Trinajstić information content (AvgIpc) is 2.65. The molecule has 2 amide bonds. The summed E-state index contributed by atoms with van der Waals surface area (Å²) in [4.78, 5) is 26.6. The van der Waals surface area contributed by atoms with Crippen LogP contribution in [0, 0.1) is 6.92 Å². The van der Waals surface area contributed by atoms with Crippen molar-refractivity contribution in [3.63, 3.8) is 0 Å². The minimum Gasteiger partial charge on any atom is -0.325 e. The lowest BCUT2D eigenvalue weighted by molar-refractivity contribution is -0.119. The van der Waals surface area contributed by atoms with Crippen LogP contribution in [0.25, 0.3) is 0 Å². The molecule has 2 aromatic carbocycles. The van der Waals surface area contributed by atoms with Gasteiger partial charge in [-0.3, -0.25) is 14.5 Å². The van der Waals surface area contributed by atoms with Crippen LogP contribution in [0.5, 0.6) is 0 Å². The van der Waals surface area contributed by atoms with E-state index in [9.17, 15) is 18.4 Å². The first-order chi connectivity index (χ1) is 13.8. The molecule has 0 unspecified atom stereocenters. The Labute approximate surface area is 177 Å². The highest BCUT2D eigenvalue weighted by atomic mass is 35.5. The largest absolute Gasteiger partial charge is 0.325 e. The molecule has 0 aromatic heterocycles. The van der Waals surface area contributed by atoms with Crippen molar-refractivity contribution < 1.29 is 18.4 Å². The van der Waals surface area contributed by atoms with E-state index >= 15 is 0 Å². The van der Waals surface area contributed by atoms with Crippen molar-refractivity contribution in [1.82, 2.24) is 4.90 Å². The number of halogens is 3. The maximum atomic E-state index is 12.7. The number of hydrogen-bond acceptors (Lipinski definition) is 4. The van der Waals surface area contributed by atoms with Gasteiger partial charge in [0.1, 0.15) is 0 Å². The first-order valence-electron chi connectivity index (χ1n) is 8.90. The highest BCUT2D eigenvalue weighted by Gasteiger charge is 2.16. The van der Waals surface area contributed by atoms with Crippen LogP contribution in [0.4, 0.5) is 20.2 Å². The molecule has 0 fully saturated rings. The minimum absolute atomic E-state index is 0.00328. The molecule has 9 heteroatoms. The number of hydrogen-bond donors (Lipinski definition) is 2. The molecule has 0 aliphatic heterocycles. The molecule has 2 N–H and O–H groups in total. The monoisotopic (exact) mass is 441 g/mol. The van der Waals surface area contributed by atoms with Gasteiger partial charge < -0.3 is 10.6 Å². The molecule has 0 atom stereocenters. The van der Waals surface area contributed by atoms with Gasteiger partial charge in [-0.1, -0.05) is 48.5 Å². The number of alkyl halides is 2. The van der Waals surface area contributed by atoms with Gasteiger partial charge in [-0.2, -0.15) is 8.78 Å². The molecule has 0 radical (unpaired) electrons. The van der Waals surface area contributed by atoms with Crippen LogP contribution in [0.3, 0.4) is 0 Å². The average molecular weight is 442 g/mol. The van der Waals surface area contributed by atoms with Crippen LogP contribution in [-0.2, 0) is 9.59 Å². The van der Waals surface area contributed by atoms with Crippen LogP contribution in [-0.4, -0.2) is 42.1 Å². The summed E-state index contributed by atoms with van der Waals surface area (Å²) in [5, 5.41) is 5.93. The topological polar surface area (TPSA) is 61.4 Å². The molecule has 2 rings (SSSR count). The van der Waals surface area contributed by atoms with Crippen molar-refractivity contribution in [1.29, 1.82) is 0 Å². The van der Waals surface area contributed by atoms with E-state index in [4.69, 9.17) is 11.6 Å². The second kappa shape index (κ2) is 11.1. The lowest BCUT2D eigenvalue weighted by Crippen LogP contribution is -2.38. The summed E-state index contributed by atoms with van der Waals surface area (Å²) in [5.41, 5.74) is 1.80. The summed E-state index contributed by atoms with van der Waals surface area (Å²) < 4.78 is 25.3. The lowest BCUT2D eigenvalue weighted by Gasteiger charge is -2.20. The van der Waals surface area contributed by atoms with Crippen molar-refractivity contribution in [3.8, 4) is 0 Å². The maximum absolute atomic E-state index is 12.7. The molecule has 0 heterocycles. The Morgan fingerprint density at radius 2 is 1.69 bits per heavy atom. The predicted molar refractivity (Wildman–Crippen MR) is 114 cm³/mol. The number of aryl methyl sites for hydroxylation is 1. The van der Waals surface area contributed by atoms with Gasteiger partial charge in [0, 0.05) is 15.6 Å². The molecule has 0 aliphatic rings. The summed E-state index contributed by atoms with van der Waals surface area (Å²) in [6, 6.07) is 11.6. The van der Waals surface area contributed by atoms with E-state index in [-0.39, 0.29) is 29.8 Å². The van der Waals surface area contributed by atoms with Gasteiger partial charge in [0.15, 0.2) is 0 Å². The molecular weight excluding hydrogens is 420 g/mol. The van der Waals surface area contributed by atoms with Crippen molar-refractivity contribution in [2.45, 2.75) is 24.5 Å². The maximum Gasteiger partial charge on any atom is 0.288 e. The molecule has 0 saturated heterocycles. The Bertz CT molecular complexity index is 867. The number of anilines is 2. The fourth-order valence-corrected chi connectivity index (χ4v) is 3.33. The van der Waals surface area contributed by atoms with E-state index in [2.05, 4.69) is 10.6 Å². The van der Waals surface area contributed by atoms with Gasteiger partial charge in [-0.15, -0.1) is 0 Å². The third-order valence-electron chi connectivity index (χ3n) is 4.03. The number of carbonyl (C=O) groups excluding carboxylic acids is 2. The van der Waals surface area contributed by atoms with E-state index in [0.29, 0.717) is 34.7 Å². The Kier molecular flexibility index (Phi) is 8.88. The van der Waals surface area contributed by atoms with Crippen LogP contribution in [0.1, 0.15) is 12.5 Å². The number of likely N-dealkylation sites (N-methyl/N-ethyl adjacent to an activating group) is 1. The number of benzene rings is 2. The Morgan fingerprint density at radius 3 is 2.31 bits per heavy atom. The number of thioether (sulfide) groups is 1. The van der Waals surface area contributed by atoms with E-state index in [1.54, 1.807) is 41.3 Å². The first kappa shape index (κ1) is 23.1. The predicted octanol–water partition coefficient (Wildman–Crippen LogP) is 4.86. The molecule has 0 saturated carbocycles. The summed E-state index contributed by atoms with van der Waals surface area (Å²) in [6.07, 6.45) is 0. The van der Waals surface area contributed by atoms with Gasteiger partial charge in [0.25, 0.3) is 5.76 Å². The fraction of sp³-hybridized carbons (Fsp3) is 0.300. The van der Waals surface area contributed by atoms with Crippen LogP contribution in [0.2, 0.25) is 5.02 Å². The zero-order valence-electron chi connectivity index (χ0n) is 16.0. The lowest BCUT2D eigenvalue weighted by atomic mass is 10.2. The van der Waals surface area contributed by atoms with Gasteiger partial charge in [0.05, 0.1) is 18.8 Å². The van der Waals surface area contributed by atoms with Crippen molar-refractivity contribution in [2.24, 2.45) is 0 Å².